The summed E-state index contributed by atoms with van der Waals surface area (Å²) in [5, 5.41) is 1.70. The van der Waals surface area contributed by atoms with Gasteiger partial charge in [0.2, 0.25) is 5.91 Å². The van der Waals surface area contributed by atoms with E-state index in [1.807, 2.05) is 86.3 Å². The van der Waals surface area contributed by atoms with Crippen molar-refractivity contribution in [3.63, 3.8) is 0 Å². The summed E-state index contributed by atoms with van der Waals surface area (Å²) in [5.74, 6) is 0.134. The molecule has 2 aromatic rings. The molecular formula is C21H26NO2P. The minimum atomic E-state index is -2.87. The summed E-state index contributed by atoms with van der Waals surface area (Å²) in [7, 11) is -2.87. The molecule has 0 aromatic heterocycles. The maximum absolute atomic E-state index is 14.3. The van der Waals surface area contributed by atoms with Crippen molar-refractivity contribution >= 4 is 23.7 Å². The lowest BCUT2D eigenvalue weighted by Crippen LogP contribution is -2.38. The Morgan fingerprint density at radius 2 is 1.44 bits per heavy atom. The molecule has 1 aliphatic rings. The third-order valence-corrected chi connectivity index (χ3v) is 9.21. The molecule has 132 valence electrons. The van der Waals surface area contributed by atoms with Gasteiger partial charge in [0.25, 0.3) is 0 Å². The zero-order valence-electron chi connectivity index (χ0n) is 15.2. The molecule has 2 atom stereocenters. The van der Waals surface area contributed by atoms with Gasteiger partial charge < -0.3 is 9.46 Å². The van der Waals surface area contributed by atoms with Crippen LogP contribution in [-0.2, 0) is 9.36 Å². The van der Waals surface area contributed by atoms with Crippen LogP contribution in [0.2, 0.25) is 0 Å². The van der Waals surface area contributed by atoms with E-state index >= 15 is 0 Å². The molecule has 1 saturated carbocycles. The minimum Gasteiger partial charge on any atom is -0.343 e. The van der Waals surface area contributed by atoms with Gasteiger partial charge in [0, 0.05) is 29.4 Å². The molecular weight excluding hydrogens is 329 g/mol. The Kier molecular flexibility index (Phi) is 4.88. The number of benzene rings is 2. The lowest BCUT2D eigenvalue weighted by molar-refractivity contribution is -0.135. The van der Waals surface area contributed by atoms with Gasteiger partial charge in [-0.3, -0.25) is 4.79 Å². The maximum atomic E-state index is 14.3. The van der Waals surface area contributed by atoms with Crippen molar-refractivity contribution in [3.05, 3.63) is 60.7 Å². The summed E-state index contributed by atoms with van der Waals surface area (Å²) in [5.41, 5.74) is -0.661. The number of rotatable bonds is 6. The molecule has 0 aliphatic heterocycles. The summed E-state index contributed by atoms with van der Waals surface area (Å²) in [6.07, 6.45) is 0.684. The van der Waals surface area contributed by atoms with Gasteiger partial charge in [-0.05, 0) is 27.2 Å². The lowest BCUT2D eigenvalue weighted by atomic mass is 10.1. The van der Waals surface area contributed by atoms with Crippen LogP contribution in [-0.4, -0.2) is 29.6 Å². The molecule has 0 spiro atoms. The third kappa shape index (κ3) is 2.95. The van der Waals surface area contributed by atoms with Crippen molar-refractivity contribution in [2.24, 2.45) is 5.41 Å². The highest BCUT2D eigenvalue weighted by atomic mass is 31.2. The van der Waals surface area contributed by atoms with E-state index in [4.69, 9.17) is 0 Å². The molecule has 1 aliphatic carbocycles. The van der Waals surface area contributed by atoms with Crippen LogP contribution in [0.4, 0.5) is 0 Å². The van der Waals surface area contributed by atoms with E-state index in [9.17, 15) is 9.36 Å². The van der Waals surface area contributed by atoms with Crippen molar-refractivity contribution in [3.8, 4) is 0 Å². The molecule has 0 unspecified atom stereocenters. The smallest absolute Gasteiger partial charge is 0.229 e. The monoisotopic (exact) mass is 355 g/mol. The van der Waals surface area contributed by atoms with E-state index in [-0.39, 0.29) is 11.6 Å². The Bertz CT molecular complexity index is 743. The normalized spacial score (nSPS) is 22.4. The van der Waals surface area contributed by atoms with Crippen molar-refractivity contribution < 1.29 is 9.36 Å². The zero-order chi connectivity index (χ0) is 18.1. The lowest BCUT2D eigenvalue weighted by Gasteiger charge is -2.26. The van der Waals surface area contributed by atoms with Gasteiger partial charge in [0.15, 0.2) is 0 Å². The van der Waals surface area contributed by atoms with E-state index in [0.29, 0.717) is 19.5 Å². The van der Waals surface area contributed by atoms with Gasteiger partial charge in [-0.25, -0.2) is 0 Å². The molecule has 3 rings (SSSR count). The van der Waals surface area contributed by atoms with E-state index in [1.165, 1.54) is 0 Å². The molecule has 0 N–H and O–H groups in total. The molecule has 0 heterocycles. The van der Waals surface area contributed by atoms with Crippen LogP contribution in [0.25, 0.3) is 0 Å². The van der Waals surface area contributed by atoms with Crippen LogP contribution < -0.4 is 10.6 Å². The molecule has 25 heavy (non-hydrogen) atoms. The number of carbonyl (C=O) groups is 1. The second-order valence-corrected chi connectivity index (χ2v) is 9.92. The van der Waals surface area contributed by atoms with Crippen molar-refractivity contribution in [1.29, 1.82) is 0 Å². The number of hydrogen-bond acceptors (Lipinski definition) is 2. The quantitative estimate of drug-likeness (QED) is 0.742. The van der Waals surface area contributed by atoms with Crippen molar-refractivity contribution in [2.45, 2.75) is 32.9 Å². The first-order valence-electron chi connectivity index (χ1n) is 8.98. The summed E-state index contributed by atoms with van der Waals surface area (Å²) in [4.78, 5) is 14.9. The average Bonchev–Trinajstić information content (AvgIpc) is 3.37. The molecule has 4 heteroatoms. The SMILES string of the molecule is CCN(CC)C(=O)[C@@]1(C)C[C@@H]1P(=O)(c1ccccc1)c1ccccc1. The number of nitrogens with zero attached hydrogens (tertiary/aromatic N) is 1. The molecule has 1 amide bonds. The van der Waals surface area contributed by atoms with Crippen LogP contribution in [0.1, 0.15) is 27.2 Å². The number of carbonyl (C=O) groups excluding carboxylic acids is 1. The van der Waals surface area contributed by atoms with Crippen LogP contribution in [0.15, 0.2) is 60.7 Å². The van der Waals surface area contributed by atoms with Gasteiger partial charge >= 0.3 is 0 Å². The fraction of sp³-hybridized carbons (Fsp3) is 0.381. The van der Waals surface area contributed by atoms with Crippen molar-refractivity contribution in [1.82, 2.24) is 4.90 Å². The highest BCUT2D eigenvalue weighted by Gasteiger charge is 2.65. The first-order chi connectivity index (χ1) is 12.0. The first-order valence-corrected chi connectivity index (χ1v) is 10.8. The maximum Gasteiger partial charge on any atom is 0.229 e. The van der Waals surface area contributed by atoms with Gasteiger partial charge in [-0.15, -0.1) is 0 Å². The largest absolute Gasteiger partial charge is 0.343 e. The highest BCUT2D eigenvalue weighted by Crippen LogP contribution is 2.68. The van der Waals surface area contributed by atoms with Crippen LogP contribution in [0.3, 0.4) is 0 Å². The summed E-state index contributed by atoms with van der Waals surface area (Å²) < 4.78 is 14.3. The topological polar surface area (TPSA) is 37.4 Å². The van der Waals surface area contributed by atoms with Crippen molar-refractivity contribution in [2.75, 3.05) is 13.1 Å². The van der Waals surface area contributed by atoms with E-state index in [0.717, 1.165) is 10.6 Å². The van der Waals surface area contributed by atoms with Crippen LogP contribution in [0, 0.1) is 5.41 Å². The summed E-state index contributed by atoms with van der Waals surface area (Å²) in [6, 6.07) is 19.3. The summed E-state index contributed by atoms with van der Waals surface area (Å²) in [6.45, 7) is 7.36. The minimum absolute atomic E-state index is 0.127. The molecule has 2 aromatic carbocycles. The molecule has 1 fully saturated rings. The second-order valence-electron chi connectivity index (χ2n) is 6.94. The predicted molar refractivity (Wildman–Crippen MR) is 104 cm³/mol. The Hall–Kier alpha value is -1.86. The van der Waals surface area contributed by atoms with Gasteiger partial charge in [0.1, 0.15) is 7.14 Å². The van der Waals surface area contributed by atoms with Gasteiger partial charge in [0.05, 0.1) is 5.41 Å². The Morgan fingerprint density at radius 1 is 1.00 bits per heavy atom. The van der Waals surface area contributed by atoms with Gasteiger partial charge in [-0.1, -0.05) is 60.7 Å². The Balaban J connectivity index is 2.04. The van der Waals surface area contributed by atoms with E-state index in [1.54, 1.807) is 0 Å². The average molecular weight is 355 g/mol. The fourth-order valence-corrected chi connectivity index (χ4v) is 7.58. The standard InChI is InChI=1S/C21H26NO2P/c1-4-22(5-2)20(23)21(3)16-19(21)25(24,17-12-8-6-9-13-17)18-14-10-7-11-15-18/h6-15,19H,4-5,16H2,1-3H3/t19-,21-/m0/s1. The predicted octanol–water partition coefficient (Wildman–Crippen LogP) is 3.65. The van der Waals surface area contributed by atoms with Crippen LogP contribution in [0.5, 0.6) is 0 Å². The van der Waals surface area contributed by atoms with Crippen LogP contribution >= 0.6 is 7.14 Å². The Morgan fingerprint density at radius 3 is 1.84 bits per heavy atom. The van der Waals surface area contributed by atoms with Gasteiger partial charge in [-0.2, -0.15) is 0 Å². The molecule has 3 nitrogen and oxygen atoms in total. The Labute approximate surface area is 150 Å². The molecule has 0 radical (unpaired) electrons. The summed E-state index contributed by atoms with van der Waals surface area (Å²) >= 11 is 0. The first kappa shape index (κ1) is 17.9. The molecule has 0 bridgehead atoms. The second kappa shape index (κ2) is 6.80. The zero-order valence-corrected chi connectivity index (χ0v) is 16.1. The molecule has 0 saturated heterocycles. The van der Waals surface area contributed by atoms with E-state index < -0.39 is 12.6 Å². The third-order valence-electron chi connectivity index (χ3n) is 5.45. The highest BCUT2D eigenvalue weighted by molar-refractivity contribution is 7.79. The number of hydrogen-bond donors (Lipinski definition) is 0. The number of amides is 1. The van der Waals surface area contributed by atoms with E-state index in [2.05, 4.69) is 0 Å². The fourth-order valence-electron chi connectivity index (χ4n) is 3.78.